The van der Waals surface area contributed by atoms with Crippen LogP contribution in [-0.2, 0) is 0 Å². The minimum Gasteiger partial charge on any atom is -0.309 e. The average Bonchev–Trinajstić information content (AvgIpc) is 2.04. The van der Waals surface area contributed by atoms with Gasteiger partial charge in [-0.25, -0.2) is 11.0 Å². The quantitative estimate of drug-likeness (QED) is 0.541. The molecule has 0 bridgehead atoms. The molecule has 1 nitrogen and oxygen atoms in total. The number of hydrogen-bond donors (Lipinski definition) is 0. The van der Waals surface area contributed by atoms with Gasteiger partial charge >= 0.3 is 0 Å². The normalized spacial score (nSPS) is 12.1. The van der Waals surface area contributed by atoms with E-state index in [1.165, 1.54) is 6.07 Å². The average molecular weight is 149 g/mol. The Labute approximate surface area is 65.3 Å². The SMILES string of the molecule is [C-]#[N+]C(C)c1ccccc1F. The maximum absolute atomic E-state index is 12.9. The van der Waals surface area contributed by atoms with Gasteiger partial charge in [0.05, 0.1) is 5.56 Å². The lowest BCUT2D eigenvalue weighted by Crippen LogP contribution is -1.90. The van der Waals surface area contributed by atoms with E-state index in [2.05, 4.69) is 4.85 Å². The molecule has 0 amide bonds. The van der Waals surface area contributed by atoms with Gasteiger partial charge in [-0.1, -0.05) is 12.1 Å². The van der Waals surface area contributed by atoms with E-state index in [1.807, 2.05) is 0 Å². The number of nitrogens with zero attached hydrogens (tertiary/aromatic N) is 1. The topological polar surface area (TPSA) is 4.36 Å². The third kappa shape index (κ3) is 1.56. The molecule has 1 rings (SSSR count). The molecule has 0 saturated carbocycles. The summed E-state index contributed by atoms with van der Waals surface area (Å²) < 4.78 is 12.9. The zero-order valence-electron chi connectivity index (χ0n) is 6.21. The van der Waals surface area contributed by atoms with E-state index in [0.29, 0.717) is 5.56 Å². The molecule has 1 unspecified atom stereocenters. The molecule has 0 aliphatic carbocycles. The fourth-order valence-electron chi connectivity index (χ4n) is 0.883. The predicted molar refractivity (Wildman–Crippen MR) is 41.4 cm³/mol. The first-order chi connectivity index (χ1) is 5.25. The lowest BCUT2D eigenvalue weighted by molar-refractivity contribution is 0.605. The van der Waals surface area contributed by atoms with Gasteiger partial charge in [0.15, 0.2) is 0 Å². The van der Waals surface area contributed by atoms with Crippen molar-refractivity contribution in [3.63, 3.8) is 0 Å². The molecule has 1 atom stereocenters. The van der Waals surface area contributed by atoms with Crippen LogP contribution < -0.4 is 0 Å². The molecule has 0 heterocycles. The molecular formula is C9H8FN. The lowest BCUT2D eigenvalue weighted by atomic mass is 10.1. The van der Waals surface area contributed by atoms with Crippen LogP contribution in [0.4, 0.5) is 4.39 Å². The molecule has 0 aliphatic heterocycles. The van der Waals surface area contributed by atoms with Crippen LogP contribution in [0.25, 0.3) is 4.85 Å². The van der Waals surface area contributed by atoms with Crippen molar-refractivity contribution in [2.45, 2.75) is 13.0 Å². The van der Waals surface area contributed by atoms with E-state index in [-0.39, 0.29) is 11.9 Å². The Balaban J connectivity index is 3.05. The smallest absolute Gasteiger partial charge is 0.248 e. The number of rotatable bonds is 1. The summed E-state index contributed by atoms with van der Waals surface area (Å²) in [6.45, 7) is 8.39. The van der Waals surface area contributed by atoms with Crippen molar-refractivity contribution in [1.82, 2.24) is 0 Å². The summed E-state index contributed by atoms with van der Waals surface area (Å²) in [7, 11) is 0. The Morgan fingerprint density at radius 2 is 2.09 bits per heavy atom. The van der Waals surface area contributed by atoms with E-state index in [9.17, 15) is 4.39 Å². The highest BCUT2D eigenvalue weighted by Crippen LogP contribution is 2.18. The summed E-state index contributed by atoms with van der Waals surface area (Å²) in [5.41, 5.74) is 0.475. The van der Waals surface area contributed by atoms with Crippen LogP contribution in [0, 0.1) is 12.4 Å². The second kappa shape index (κ2) is 3.16. The fourth-order valence-corrected chi connectivity index (χ4v) is 0.883. The molecule has 0 aromatic heterocycles. The number of benzene rings is 1. The van der Waals surface area contributed by atoms with Gasteiger partial charge in [0, 0.05) is 6.92 Å². The summed E-state index contributed by atoms with van der Waals surface area (Å²) in [4.78, 5) is 3.23. The Kier molecular flexibility index (Phi) is 2.22. The largest absolute Gasteiger partial charge is 0.309 e. The van der Waals surface area contributed by atoms with E-state index >= 15 is 0 Å². The van der Waals surface area contributed by atoms with Crippen LogP contribution in [-0.4, -0.2) is 0 Å². The maximum Gasteiger partial charge on any atom is 0.248 e. The van der Waals surface area contributed by atoms with Gasteiger partial charge in [0.25, 0.3) is 0 Å². The Morgan fingerprint density at radius 3 is 2.64 bits per heavy atom. The second-order valence-corrected chi connectivity index (χ2v) is 2.33. The van der Waals surface area contributed by atoms with Gasteiger partial charge < -0.3 is 4.85 Å². The fraction of sp³-hybridized carbons (Fsp3) is 0.222. The van der Waals surface area contributed by atoms with Crippen LogP contribution in [0.2, 0.25) is 0 Å². The zero-order valence-corrected chi connectivity index (χ0v) is 6.21. The van der Waals surface area contributed by atoms with Crippen molar-refractivity contribution in [2.24, 2.45) is 0 Å². The molecule has 2 heteroatoms. The standard InChI is InChI=1S/C9H8FN/c1-7(11-2)8-5-3-4-6-9(8)10/h3-7H,1H3. The highest BCUT2D eigenvalue weighted by atomic mass is 19.1. The molecule has 56 valence electrons. The Morgan fingerprint density at radius 1 is 1.45 bits per heavy atom. The van der Waals surface area contributed by atoms with E-state index in [0.717, 1.165) is 0 Å². The molecule has 1 aromatic carbocycles. The minimum absolute atomic E-state index is 0.295. The van der Waals surface area contributed by atoms with E-state index in [1.54, 1.807) is 25.1 Å². The maximum atomic E-state index is 12.9. The third-order valence-electron chi connectivity index (χ3n) is 1.55. The van der Waals surface area contributed by atoms with Crippen molar-refractivity contribution in [1.29, 1.82) is 0 Å². The van der Waals surface area contributed by atoms with E-state index < -0.39 is 0 Å². The van der Waals surface area contributed by atoms with Gasteiger partial charge in [-0.2, -0.15) is 0 Å². The molecule has 0 fully saturated rings. The van der Waals surface area contributed by atoms with Crippen molar-refractivity contribution in [3.05, 3.63) is 47.1 Å². The molecule has 0 saturated heterocycles. The van der Waals surface area contributed by atoms with Crippen LogP contribution >= 0.6 is 0 Å². The van der Waals surface area contributed by atoms with E-state index in [4.69, 9.17) is 6.57 Å². The monoisotopic (exact) mass is 149 g/mol. The van der Waals surface area contributed by atoms with Gasteiger partial charge in [0.2, 0.25) is 6.04 Å². The molecule has 1 aromatic rings. The molecule has 0 N–H and O–H groups in total. The summed E-state index contributed by atoms with van der Waals surface area (Å²) in [6.07, 6.45) is 0. The van der Waals surface area contributed by atoms with Crippen molar-refractivity contribution < 1.29 is 4.39 Å². The van der Waals surface area contributed by atoms with Crippen molar-refractivity contribution >= 4 is 0 Å². The first-order valence-corrected chi connectivity index (χ1v) is 3.36. The van der Waals surface area contributed by atoms with Crippen LogP contribution in [0.1, 0.15) is 18.5 Å². The summed E-state index contributed by atoms with van der Waals surface area (Å²) in [5, 5.41) is 0. The van der Waals surface area contributed by atoms with Gasteiger partial charge in [0.1, 0.15) is 5.82 Å². The highest BCUT2D eigenvalue weighted by molar-refractivity contribution is 5.22. The van der Waals surface area contributed by atoms with Crippen LogP contribution in [0.15, 0.2) is 24.3 Å². The van der Waals surface area contributed by atoms with Crippen LogP contribution in [0.3, 0.4) is 0 Å². The van der Waals surface area contributed by atoms with Crippen LogP contribution in [0.5, 0.6) is 0 Å². The van der Waals surface area contributed by atoms with Gasteiger partial charge in [-0.05, 0) is 12.1 Å². The summed E-state index contributed by atoms with van der Waals surface area (Å²) in [6, 6.07) is 5.99. The lowest BCUT2D eigenvalue weighted by Gasteiger charge is -1.99. The first kappa shape index (κ1) is 7.74. The van der Waals surface area contributed by atoms with Gasteiger partial charge in [-0.15, -0.1) is 0 Å². The molecule has 0 aliphatic rings. The molecule has 0 radical (unpaired) electrons. The molecular weight excluding hydrogens is 141 g/mol. The summed E-state index contributed by atoms with van der Waals surface area (Å²) in [5.74, 6) is -0.295. The van der Waals surface area contributed by atoms with Crippen molar-refractivity contribution in [3.8, 4) is 0 Å². The van der Waals surface area contributed by atoms with Gasteiger partial charge in [-0.3, -0.25) is 0 Å². The molecule has 0 spiro atoms. The zero-order chi connectivity index (χ0) is 8.27. The first-order valence-electron chi connectivity index (χ1n) is 3.36. The summed E-state index contributed by atoms with van der Waals surface area (Å²) >= 11 is 0. The van der Waals surface area contributed by atoms with Crippen molar-refractivity contribution in [2.75, 3.05) is 0 Å². The predicted octanol–water partition coefficient (Wildman–Crippen LogP) is 2.81. The number of hydrogen-bond acceptors (Lipinski definition) is 0. The molecule has 11 heavy (non-hydrogen) atoms. The highest BCUT2D eigenvalue weighted by Gasteiger charge is 2.12. The number of halogens is 1. The Bertz CT molecular complexity index is 288. The third-order valence-corrected chi connectivity index (χ3v) is 1.55. The minimum atomic E-state index is -0.379. The Hall–Kier alpha value is -1.36. The second-order valence-electron chi connectivity index (χ2n) is 2.33.